The predicted octanol–water partition coefficient (Wildman–Crippen LogP) is 3.91. The fourth-order valence-electron chi connectivity index (χ4n) is 3.61. The number of nitrogens with one attached hydrogen (secondary N) is 1. The number of halogens is 2. The summed E-state index contributed by atoms with van der Waals surface area (Å²) >= 11 is 0. The number of nitrogens with zero attached hydrogens (tertiary/aromatic N) is 3. The molecule has 0 spiro atoms. The van der Waals surface area contributed by atoms with Gasteiger partial charge in [0.25, 0.3) is 0 Å². The molecule has 2 heterocycles. The van der Waals surface area contributed by atoms with Crippen LogP contribution in [0.4, 0.5) is 8.78 Å². The van der Waals surface area contributed by atoms with Crippen LogP contribution in [0.2, 0.25) is 0 Å². The summed E-state index contributed by atoms with van der Waals surface area (Å²) in [5.41, 5.74) is 1.95. The number of aliphatic imine (C=N–C) groups is 1. The summed E-state index contributed by atoms with van der Waals surface area (Å²) in [6.07, 6.45) is 1.46. The van der Waals surface area contributed by atoms with Crippen molar-refractivity contribution < 1.29 is 8.78 Å². The Hall–Kier alpha value is -3.59. The summed E-state index contributed by atoms with van der Waals surface area (Å²) in [5.74, 6) is -0.311. The van der Waals surface area contributed by atoms with Crippen LogP contribution in [0.5, 0.6) is 0 Å². The molecule has 1 unspecified atom stereocenters. The zero-order valence-corrected chi connectivity index (χ0v) is 15.0. The van der Waals surface area contributed by atoms with Gasteiger partial charge in [-0.25, -0.2) is 9.37 Å². The number of rotatable bonds is 3. The molecule has 2 aromatic carbocycles. The molecule has 3 aromatic rings. The average molecular weight is 374 g/mol. The summed E-state index contributed by atoms with van der Waals surface area (Å²) in [5, 5.41) is 12.6. The highest BCUT2D eigenvalue weighted by atomic mass is 19.1. The number of hydrogen-bond acceptors (Lipinski definition) is 4. The molecule has 1 aromatic heterocycles. The van der Waals surface area contributed by atoms with E-state index in [4.69, 9.17) is 4.99 Å². The van der Waals surface area contributed by atoms with Crippen molar-refractivity contribution in [2.75, 3.05) is 0 Å². The maximum atomic E-state index is 13.5. The third-order valence-electron chi connectivity index (χ3n) is 5.01. The van der Waals surface area contributed by atoms with E-state index in [1.165, 1.54) is 24.4 Å². The smallest absolute Gasteiger partial charge is 0.212 e. The Kier molecular flexibility index (Phi) is 4.36. The van der Waals surface area contributed by atoms with E-state index in [-0.39, 0.29) is 11.9 Å². The lowest BCUT2D eigenvalue weighted by Gasteiger charge is -2.34. The molecule has 1 aliphatic rings. The first-order valence-electron chi connectivity index (χ1n) is 8.77. The van der Waals surface area contributed by atoms with Gasteiger partial charge < -0.3 is 5.32 Å². The first-order valence-corrected chi connectivity index (χ1v) is 8.77. The molecule has 0 fully saturated rings. The van der Waals surface area contributed by atoms with Gasteiger partial charge in [-0.1, -0.05) is 30.3 Å². The highest BCUT2D eigenvalue weighted by molar-refractivity contribution is 6.01. The van der Waals surface area contributed by atoms with Gasteiger partial charge in [0.15, 0.2) is 0 Å². The van der Waals surface area contributed by atoms with Crippen LogP contribution >= 0.6 is 0 Å². The molecule has 0 saturated heterocycles. The maximum Gasteiger partial charge on any atom is 0.212 e. The van der Waals surface area contributed by atoms with E-state index < -0.39 is 11.5 Å². The van der Waals surface area contributed by atoms with Crippen molar-refractivity contribution in [3.63, 3.8) is 0 Å². The highest BCUT2D eigenvalue weighted by Gasteiger charge is 2.45. The topological polar surface area (TPSA) is 61.1 Å². The molecule has 28 heavy (non-hydrogen) atoms. The van der Waals surface area contributed by atoms with Crippen molar-refractivity contribution in [1.82, 2.24) is 10.3 Å². The third-order valence-corrected chi connectivity index (χ3v) is 5.01. The van der Waals surface area contributed by atoms with Gasteiger partial charge in [-0.3, -0.25) is 4.99 Å². The molecule has 6 heteroatoms. The summed E-state index contributed by atoms with van der Waals surface area (Å²) < 4.78 is 27.0. The summed E-state index contributed by atoms with van der Waals surface area (Å²) in [7, 11) is 0. The Morgan fingerprint density at radius 2 is 1.79 bits per heavy atom. The van der Waals surface area contributed by atoms with Gasteiger partial charge in [0, 0.05) is 17.3 Å². The number of benzene rings is 2. The molecule has 4 rings (SSSR count). The highest BCUT2D eigenvalue weighted by Crippen LogP contribution is 2.38. The maximum absolute atomic E-state index is 13.5. The molecule has 2 atom stereocenters. The molecular weight excluding hydrogens is 358 g/mol. The minimum atomic E-state index is -0.841. The second-order valence-corrected chi connectivity index (χ2v) is 6.66. The number of nitriles is 1. The molecule has 0 aliphatic carbocycles. The molecular formula is C22H16F2N4. The van der Waals surface area contributed by atoms with Crippen LogP contribution in [-0.4, -0.2) is 16.9 Å². The summed E-state index contributed by atoms with van der Waals surface area (Å²) in [4.78, 5) is 8.56. The van der Waals surface area contributed by atoms with Gasteiger partial charge in [-0.2, -0.15) is 9.65 Å². The molecule has 1 N–H and O–H groups in total. The predicted molar refractivity (Wildman–Crippen MR) is 102 cm³/mol. The molecule has 138 valence electrons. The molecule has 1 aliphatic heterocycles. The Morgan fingerprint density at radius 3 is 2.46 bits per heavy atom. The van der Waals surface area contributed by atoms with Crippen molar-refractivity contribution in [1.29, 1.82) is 5.26 Å². The Bertz CT molecular complexity index is 1040. The van der Waals surface area contributed by atoms with Gasteiger partial charge in [0.1, 0.15) is 17.2 Å². The Balaban J connectivity index is 1.84. The van der Waals surface area contributed by atoms with Gasteiger partial charge in [-0.15, -0.1) is 0 Å². The van der Waals surface area contributed by atoms with Crippen LogP contribution < -0.4 is 5.32 Å². The number of amidine groups is 1. The summed E-state index contributed by atoms with van der Waals surface area (Å²) in [6.45, 7) is 1.93. The fraction of sp³-hybridized carbons (Fsp3) is 0.136. The van der Waals surface area contributed by atoms with Gasteiger partial charge in [0.05, 0.1) is 17.7 Å². The SMILES string of the molecule is C[C@@H]1N=C(c2cccc(C#N)c2)NC1(c1ccc(F)cc1)c1ccc(F)nc1. The fourth-order valence-corrected chi connectivity index (χ4v) is 3.61. The lowest BCUT2D eigenvalue weighted by molar-refractivity contribution is 0.430. The molecule has 0 amide bonds. The monoisotopic (exact) mass is 374 g/mol. The van der Waals surface area contributed by atoms with Crippen LogP contribution in [-0.2, 0) is 5.54 Å². The Morgan fingerprint density at radius 1 is 1.04 bits per heavy atom. The quantitative estimate of drug-likeness (QED) is 0.707. The van der Waals surface area contributed by atoms with E-state index in [9.17, 15) is 14.0 Å². The first kappa shape index (κ1) is 17.8. The average Bonchev–Trinajstić information content (AvgIpc) is 3.07. The van der Waals surface area contributed by atoms with Gasteiger partial charge in [0.2, 0.25) is 5.95 Å². The first-order chi connectivity index (χ1) is 13.5. The van der Waals surface area contributed by atoms with Crippen molar-refractivity contribution in [2.45, 2.75) is 18.5 Å². The molecule has 4 nitrogen and oxygen atoms in total. The largest absolute Gasteiger partial charge is 0.354 e. The van der Waals surface area contributed by atoms with Crippen LogP contribution in [0.25, 0.3) is 0 Å². The summed E-state index contributed by atoms with van der Waals surface area (Å²) in [6, 6.07) is 18.1. The van der Waals surface area contributed by atoms with E-state index in [1.54, 1.807) is 36.4 Å². The van der Waals surface area contributed by atoms with Crippen molar-refractivity contribution >= 4 is 5.84 Å². The second kappa shape index (κ2) is 6.86. The molecule has 0 saturated carbocycles. The lowest BCUT2D eigenvalue weighted by atomic mass is 9.79. The van der Waals surface area contributed by atoms with Crippen LogP contribution in [0.3, 0.4) is 0 Å². The normalized spacial score (nSPS) is 20.9. The van der Waals surface area contributed by atoms with Gasteiger partial charge >= 0.3 is 0 Å². The number of aromatic nitrogens is 1. The Labute approximate surface area is 161 Å². The van der Waals surface area contributed by atoms with Crippen LogP contribution in [0.1, 0.15) is 29.2 Å². The second-order valence-electron chi connectivity index (χ2n) is 6.66. The number of hydrogen-bond donors (Lipinski definition) is 1. The van der Waals surface area contributed by atoms with Crippen LogP contribution in [0, 0.1) is 23.1 Å². The van der Waals surface area contributed by atoms with E-state index in [1.807, 2.05) is 13.0 Å². The van der Waals surface area contributed by atoms with Crippen molar-refractivity contribution in [3.05, 3.63) is 101 Å². The lowest BCUT2D eigenvalue weighted by Crippen LogP contribution is -2.48. The zero-order valence-electron chi connectivity index (χ0n) is 15.0. The van der Waals surface area contributed by atoms with Crippen molar-refractivity contribution in [2.24, 2.45) is 4.99 Å². The van der Waals surface area contributed by atoms with Crippen molar-refractivity contribution in [3.8, 4) is 6.07 Å². The minimum absolute atomic E-state index is 0.286. The van der Waals surface area contributed by atoms with Crippen LogP contribution in [0.15, 0.2) is 71.9 Å². The molecule has 0 radical (unpaired) electrons. The number of pyridine rings is 1. The molecule has 0 bridgehead atoms. The third kappa shape index (κ3) is 2.91. The van der Waals surface area contributed by atoms with E-state index in [0.717, 1.165) is 11.1 Å². The van der Waals surface area contributed by atoms with E-state index in [2.05, 4.69) is 16.4 Å². The van der Waals surface area contributed by atoms with E-state index in [0.29, 0.717) is 17.0 Å². The van der Waals surface area contributed by atoms with Gasteiger partial charge in [-0.05, 0) is 42.8 Å². The minimum Gasteiger partial charge on any atom is -0.354 e. The zero-order chi connectivity index (χ0) is 19.7. The standard InChI is InChI=1S/C22H16F2N4/c1-14-22(17-5-8-19(23)9-6-17,18-7-10-20(24)26-13-18)28-21(27-14)16-4-2-3-15(11-16)12-25/h2-11,13-14H,1H3,(H,27,28)/t14-,22?/m0/s1. The van der Waals surface area contributed by atoms with E-state index >= 15 is 0 Å².